The maximum Gasteiger partial charge on any atom is 0.328 e. The Labute approximate surface area is 132 Å². The van der Waals surface area contributed by atoms with E-state index < -0.39 is 16.1 Å². The Morgan fingerprint density at radius 3 is 2.41 bits per heavy atom. The number of benzene rings is 1. The third kappa shape index (κ3) is 6.03. The third-order valence-corrected chi connectivity index (χ3v) is 4.39. The first-order valence-electron chi connectivity index (χ1n) is 7.35. The van der Waals surface area contributed by atoms with Crippen molar-refractivity contribution in [2.75, 3.05) is 19.8 Å². The normalized spacial score (nSPS) is 11.5. The fraction of sp³-hybridized carbons (Fsp3) is 0.533. The molecule has 0 spiro atoms. The predicted molar refractivity (Wildman–Crippen MR) is 85.4 cm³/mol. The quantitative estimate of drug-likeness (QED) is 0.717. The van der Waals surface area contributed by atoms with Gasteiger partial charge in [0.25, 0.3) is 10.0 Å². The van der Waals surface area contributed by atoms with Crippen LogP contribution in [-0.2, 0) is 14.8 Å². The molecule has 7 heteroatoms. The van der Waals surface area contributed by atoms with Gasteiger partial charge in [-0.2, -0.15) is 0 Å². The summed E-state index contributed by atoms with van der Waals surface area (Å²) in [6, 6.07) is 5.77. The first kappa shape index (κ1) is 18.4. The first-order valence-corrected chi connectivity index (χ1v) is 8.83. The summed E-state index contributed by atoms with van der Waals surface area (Å²) in [6.07, 6.45) is 0.629. The van der Waals surface area contributed by atoms with Crippen LogP contribution in [-0.4, -0.2) is 34.2 Å². The van der Waals surface area contributed by atoms with Gasteiger partial charge in [0, 0.05) is 19.8 Å². The van der Waals surface area contributed by atoms with E-state index in [1.165, 1.54) is 12.1 Å². The lowest BCUT2D eigenvalue weighted by atomic mass is 10.0. The van der Waals surface area contributed by atoms with Gasteiger partial charge in [0.05, 0.1) is 4.90 Å². The average molecular weight is 328 g/mol. The fourth-order valence-electron chi connectivity index (χ4n) is 1.77. The number of urea groups is 1. The Bertz CT molecular complexity index is 568. The number of carbonyl (C=O) groups excluding carboxylic acids is 1. The van der Waals surface area contributed by atoms with Crippen molar-refractivity contribution in [2.24, 2.45) is 0 Å². The third-order valence-electron chi connectivity index (χ3n) is 3.04. The van der Waals surface area contributed by atoms with E-state index in [0.717, 1.165) is 5.56 Å². The van der Waals surface area contributed by atoms with Crippen molar-refractivity contribution in [3.8, 4) is 0 Å². The van der Waals surface area contributed by atoms with Crippen LogP contribution >= 0.6 is 0 Å². The molecule has 6 nitrogen and oxygen atoms in total. The second-order valence-electron chi connectivity index (χ2n) is 5.14. The highest BCUT2D eigenvalue weighted by Crippen LogP contribution is 2.17. The van der Waals surface area contributed by atoms with Gasteiger partial charge in [-0.05, 0) is 37.0 Å². The van der Waals surface area contributed by atoms with Gasteiger partial charge in [0.2, 0.25) is 0 Å². The molecule has 0 bridgehead atoms. The molecule has 0 fully saturated rings. The van der Waals surface area contributed by atoms with E-state index >= 15 is 0 Å². The number of ether oxygens (including phenoxy) is 1. The smallest absolute Gasteiger partial charge is 0.328 e. The van der Waals surface area contributed by atoms with E-state index in [9.17, 15) is 13.2 Å². The van der Waals surface area contributed by atoms with Crippen LogP contribution in [0.25, 0.3) is 0 Å². The molecule has 0 atom stereocenters. The summed E-state index contributed by atoms with van der Waals surface area (Å²) in [5.41, 5.74) is 1.04. The number of hydrogen-bond acceptors (Lipinski definition) is 4. The zero-order valence-corrected chi connectivity index (χ0v) is 14.1. The Morgan fingerprint density at radius 2 is 1.86 bits per heavy atom. The molecule has 0 unspecified atom stereocenters. The SMILES string of the molecule is CCOCCCNC(=O)NS(=O)(=O)c1ccc(C(C)C)cc1. The molecule has 22 heavy (non-hydrogen) atoms. The summed E-state index contributed by atoms with van der Waals surface area (Å²) in [4.78, 5) is 11.7. The van der Waals surface area contributed by atoms with Gasteiger partial charge < -0.3 is 10.1 Å². The highest BCUT2D eigenvalue weighted by molar-refractivity contribution is 7.90. The summed E-state index contributed by atoms with van der Waals surface area (Å²) in [6.45, 7) is 7.44. The van der Waals surface area contributed by atoms with Crippen LogP contribution in [0.15, 0.2) is 29.2 Å². The van der Waals surface area contributed by atoms with Gasteiger partial charge in [-0.25, -0.2) is 17.9 Å². The molecule has 1 aromatic rings. The standard InChI is InChI=1S/C15H24N2O4S/c1-4-21-11-5-10-16-15(18)17-22(19,20)14-8-6-13(7-9-14)12(2)3/h6-9,12H,4-5,10-11H2,1-3H3,(H2,16,17,18). The summed E-state index contributed by atoms with van der Waals surface area (Å²) in [7, 11) is -3.84. The highest BCUT2D eigenvalue weighted by atomic mass is 32.2. The second kappa shape index (κ2) is 8.75. The molecule has 0 aliphatic carbocycles. The fourth-order valence-corrected chi connectivity index (χ4v) is 2.70. The zero-order chi connectivity index (χ0) is 16.6. The number of hydrogen-bond donors (Lipinski definition) is 2. The minimum atomic E-state index is -3.84. The van der Waals surface area contributed by atoms with E-state index in [4.69, 9.17) is 4.74 Å². The molecule has 0 aliphatic heterocycles. The molecule has 0 radical (unpaired) electrons. The number of carbonyl (C=O) groups is 1. The van der Waals surface area contributed by atoms with E-state index in [2.05, 4.69) is 5.32 Å². The van der Waals surface area contributed by atoms with Crippen molar-refractivity contribution >= 4 is 16.1 Å². The van der Waals surface area contributed by atoms with Gasteiger partial charge in [0.1, 0.15) is 0 Å². The molecule has 0 aliphatic rings. The largest absolute Gasteiger partial charge is 0.382 e. The number of sulfonamides is 1. The van der Waals surface area contributed by atoms with Gasteiger partial charge >= 0.3 is 6.03 Å². The van der Waals surface area contributed by atoms with Gasteiger partial charge in [0.15, 0.2) is 0 Å². The van der Waals surface area contributed by atoms with Crippen molar-refractivity contribution in [3.05, 3.63) is 29.8 Å². The van der Waals surface area contributed by atoms with Crippen molar-refractivity contribution in [2.45, 2.75) is 38.0 Å². The van der Waals surface area contributed by atoms with Crippen LogP contribution in [0.1, 0.15) is 38.7 Å². The summed E-state index contributed by atoms with van der Waals surface area (Å²) < 4.78 is 31.2. The molecule has 1 aromatic carbocycles. The van der Waals surface area contributed by atoms with E-state index in [-0.39, 0.29) is 4.90 Å². The summed E-state index contributed by atoms with van der Waals surface area (Å²) >= 11 is 0. The molecule has 0 saturated carbocycles. The zero-order valence-electron chi connectivity index (χ0n) is 13.3. The van der Waals surface area contributed by atoms with Crippen LogP contribution in [0.3, 0.4) is 0 Å². The molecule has 124 valence electrons. The maximum atomic E-state index is 12.1. The van der Waals surface area contributed by atoms with Gasteiger partial charge in [-0.3, -0.25) is 0 Å². The van der Waals surface area contributed by atoms with E-state index in [1.807, 2.05) is 25.5 Å². The summed E-state index contributed by atoms with van der Waals surface area (Å²) in [5, 5.41) is 2.49. The number of rotatable bonds is 8. The monoisotopic (exact) mass is 328 g/mol. The van der Waals surface area contributed by atoms with Crippen molar-refractivity contribution in [3.63, 3.8) is 0 Å². The Hall–Kier alpha value is -1.60. The van der Waals surface area contributed by atoms with Crippen LogP contribution < -0.4 is 10.0 Å². The van der Waals surface area contributed by atoms with Crippen LogP contribution in [0.2, 0.25) is 0 Å². The van der Waals surface area contributed by atoms with Crippen LogP contribution in [0, 0.1) is 0 Å². The Kier molecular flexibility index (Phi) is 7.34. The molecule has 0 aromatic heterocycles. The predicted octanol–water partition coefficient (Wildman–Crippen LogP) is 2.22. The molecule has 2 N–H and O–H groups in total. The lowest BCUT2D eigenvalue weighted by Gasteiger charge is -2.10. The number of amides is 2. The minimum absolute atomic E-state index is 0.0707. The lowest BCUT2D eigenvalue weighted by Crippen LogP contribution is -2.40. The highest BCUT2D eigenvalue weighted by Gasteiger charge is 2.17. The van der Waals surface area contributed by atoms with Gasteiger partial charge in [-0.15, -0.1) is 0 Å². The summed E-state index contributed by atoms with van der Waals surface area (Å²) in [5.74, 6) is 0.318. The Balaban J connectivity index is 2.54. The lowest BCUT2D eigenvalue weighted by molar-refractivity contribution is 0.145. The van der Waals surface area contributed by atoms with Crippen molar-refractivity contribution < 1.29 is 17.9 Å². The van der Waals surface area contributed by atoms with Gasteiger partial charge in [-0.1, -0.05) is 26.0 Å². The minimum Gasteiger partial charge on any atom is -0.382 e. The number of nitrogens with one attached hydrogen (secondary N) is 2. The molecule has 0 saturated heterocycles. The second-order valence-corrected chi connectivity index (χ2v) is 6.82. The van der Waals surface area contributed by atoms with E-state index in [1.54, 1.807) is 12.1 Å². The molecule has 0 heterocycles. The van der Waals surface area contributed by atoms with Crippen molar-refractivity contribution in [1.82, 2.24) is 10.0 Å². The average Bonchev–Trinajstić information content (AvgIpc) is 2.46. The molecular weight excluding hydrogens is 304 g/mol. The van der Waals surface area contributed by atoms with Crippen molar-refractivity contribution in [1.29, 1.82) is 0 Å². The van der Waals surface area contributed by atoms with Crippen LogP contribution in [0.5, 0.6) is 0 Å². The maximum absolute atomic E-state index is 12.1. The van der Waals surface area contributed by atoms with E-state index in [0.29, 0.717) is 32.1 Å². The Morgan fingerprint density at radius 1 is 1.23 bits per heavy atom. The molecule has 1 rings (SSSR count). The molecule has 2 amide bonds. The topological polar surface area (TPSA) is 84.5 Å². The first-order chi connectivity index (χ1) is 10.4. The van der Waals surface area contributed by atoms with Crippen LogP contribution in [0.4, 0.5) is 4.79 Å². The molecular formula is C15H24N2O4S.